The maximum absolute atomic E-state index is 13.6. The Labute approximate surface area is 250 Å². The summed E-state index contributed by atoms with van der Waals surface area (Å²) in [7, 11) is 0. The summed E-state index contributed by atoms with van der Waals surface area (Å²) in [5.41, 5.74) is 2.16. The molecule has 0 unspecified atom stereocenters. The summed E-state index contributed by atoms with van der Waals surface area (Å²) in [5, 5.41) is 27.8. The number of benzene rings is 2. The molecule has 43 heavy (non-hydrogen) atoms. The maximum atomic E-state index is 13.6. The second-order valence-electron chi connectivity index (χ2n) is 11.8. The summed E-state index contributed by atoms with van der Waals surface area (Å²) in [6.07, 6.45) is 2.19. The van der Waals surface area contributed by atoms with E-state index in [1.54, 1.807) is 42.5 Å². The highest BCUT2D eigenvalue weighted by molar-refractivity contribution is 5.99. The van der Waals surface area contributed by atoms with E-state index in [0.717, 1.165) is 10.9 Å². The van der Waals surface area contributed by atoms with E-state index < -0.39 is 17.7 Å². The molecule has 226 valence electrons. The van der Waals surface area contributed by atoms with Crippen LogP contribution < -0.4 is 16.0 Å². The van der Waals surface area contributed by atoms with Crippen molar-refractivity contribution in [3.05, 3.63) is 70.9 Å². The topological polar surface area (TPSA) is 163 Å². The average Bonchev–Trinajstić information content (AvgIpc) is 3.30. The Morgan fingerprint density at radius 3 is 2.33 bits per heavy atom. The van der Waals surface area contributed by atoms with Gasteiger partial charge in [-0.05, 0) is 82.3 Å². The van der Waals surface area contributed by atoms with Gasteiger partial charge in [-0.15, -0.1) is 0 Å². The minimum absolute atomic E-state index is 0.0147. The molecule has 4 rings (SSSR count). The van der Waals surface area contributed by atoms with E-state index in [1.807, 2.05) is 31.4 Å². The van der Waals surface area contributed by atoms with Gasteiger partial charge < -0.3 is 30.4 Å². The van der Waals surface area contributed by atoms with Gasteiger partial charge in [0, 0.05) is 36.1 Å². The second-order valence-corrected chi connectivity index (χ2v) is 11.8. The first-order chi connectivity index (χ1) is 20.4. The molecule has 0 spiro atoms. The van der Waals surface area contributed by atoms with Crippen molar-refractivity contribution in [1.29, 1.82) is 5.26 Å². The number of carbonyl (C=O) groups excluding carboxylic acids is 3. The van der Waals surface area contributed by atoms with E-state index in [-0.39, 0.29) is 43.4 Å². The standard InChI is InChI=1S/C32H37N5O6/c1-32(2,3)43-31(42)36-25-11-9-24(10-12-25)35-30(41)27-17-22-8-7-20(18-33)16-26(22)37(27)19-21-5-4-6-23(15-21)29(40)34-14-13-28(38)39/h4-8,15-17,24-25H,9-14,19H2,1-3H3,(H,34,40)(H,35,41)(H,36,42)(H,38,39)/t24-,25-. The smallest absolute Gasteiger partial charge is 0.407 e. The fourth-order valence-corrected chi connectivity index (χ4v) is 5.18. The number of carboxylic acid groups (broad SMARTS) is 1. The summed E-state index contributed by atoms with van der Waals surface area (Å²) in [5.74, 6) is -1.63. The van der Waals surface area contributed by atoms with Crippen molar-refractivity contribution in [3.63, 3.8) is 0 Å². The molecule has 1 saturated carbocycles. The van der Waals surface area contributed by atoms with E-state index in [0.29, 0.717) is 48.0 Å². The Kier molecular flexibility index (Phi) is 9.70. The highest BCUT2D eigenvalue weighted by atomic mass is 16.6. The number of carbonyl (C=O) groups is 4. The third kappa shape index (κ3) is 8.58. The van der Waals surface area contributed by atoms with Crippen molar-refractivity contribution in [1.82, 2.24) is 20.5 Å². The van der Waals surface area contributed by atoms with Crippen molar-refractivity contribution < 1.29 is 29.0 Å². The molecule has 1 heterocycles. The monoisotopic (exact) mass is 587 g/mol. The molecule has 2 aromatic carbocycles. The zero-order valence-electron chi connectivity index (χ0n) is 24.6. The molecule has 11 nitrogen and oxygen atoms in total. The van der Waals surface area contributed by atoms with Crippen LogP contribution in [-0.4, -0.2) is 57.8 Å². The van der Waals surface area contributed by atoms with Crippen molar-refractivity contribution in [2.45, 2.75) is 77.1 Å². The molecule has 11 heteroatoms. The highest BCUT2D eigenvalue weighted by Crippen LogP contribution is 2.25. The van der Waals surface area contributed by atoms with Crippen molar-refractivity contribution >= 4 is 34.8 Å². The van der Waals surface area contributed by atoms with Crippen LogP contribution in [0.4, 0.5) is 4.79 Å². The van der Waals surface area contributed by atoms with E-state index in [9.17, 15) is 24.4 Å². The van der Waals surface area contributed by atoms with Gasteiger partial charge in [0.25, 0.3) is 11.8 Å². The van der Waals surface area contributed by atoms with Gasteiger partial charge in [-0.25, -0.2) is 4.79 Å². The van der Waals surface area contributed by atoms with Gasteiger partial charge in [-0.2, -0.15) is 5.26 Å². The number of carboxylic acids is 1. The third-order valence-corrected chi connectivity index (χ3v) is 7.20. The van der Waals surface area contributed by atoms with Gasteiger partial charge in [0.2, 0.25) is 0 Å². The zero-order chi connectivity index (χ0) is 31.1. The molecule has 0 bridgehead atoms. The van der Waals surface area contributed by atoms with E-state index in [1.165, 1.54) is 0 Å². The Morgan fingerprint density at radius 1 is 0.977 bits per heavy atom. The van der Waals surface area contributed by atoms with Crippen LogP contribution in [0.25, 0.3) is 10.9 Å². The van der Waals surface area contributed by atoms with Crippen molar-refractivity contribution in [2.24, 2.45) is 0 Å². The normalized spacial score (nSPS) is 16.6. The molecule has 1 fully saturated rings. The largest absolute Gasteiger partial charge is 0.481 e. The summed E-state index contributed by atoms with van der Waals surface area (Å²) in [6, 6.07) is 16.0. The van der Waals surface area contributed by atoms with E-state index >= 15 is 0 Å². The van der Waals surface area contributed by atoms with Crippen LogP contribution in [0, 0.1) is 11.3 Å². The molecule has 0 aliphatic heterocycles. The lowest BCUT2D eigenvalue weighted by Crippen LogP contribution is -2.45. The number of alkyl carbamates (subject to hydrolysis) is 1. The van der Waals surface area contributed by atoms with Crippen LogP contribution >= 0.6 is 0 Å². The number of ether oxygens (including phenoxy) is 1. The molecule has 3 aromatic rings. The number of hydrogen-bond acceptors (Lipinski definition) is 6. The predicted octanol–water partition coefficient (Wildman–Crippen LogP) is 4.33. The van der Waals surface area contributed by atoms with E-state index in [4.69, 9.17) is 9.84 Å². The number of aromatic nitrogens is 1. The number of nitriles is 1. The van der Waals surface area contributed by atoms with Gasteiger partial charge in [-0.1, -0.05) is 18.2 Å². The number of amides is 3. The Morgan fingerprint density at radius 2 is 1.67 bits per heavy atom. The van der Waals surface area contributed by atoms with Gasteiger partial charge >= 0.3 is 12.1 Å². The first kappa shape index (κ1) is 31.1. The van der Waals surface area contributed by atoms with Gasteiger partial charge in [0.1, 0.15) is 11.3 Å². The van der Waals surface area contributed by atoms with Crippen LogP contribution in [0.5, 0.6) is 0 Å². The summed E-state index contributed by atoms with van der Waals surface area (Å²) in [6.45, 7) is 5.73. The highest BCUT2D eigenvalue weighted by Gasteiger charge is 2.27. The SMILES string of the molecule is CC(C)(C)OC(=O)N[C@H]1CC[C@H](NC(=O)c2cc3ccc(C#N)cc3n2Cc2cccc(C(=O)NCCC(=O)O)c2)CC1. The molecule has 1 aromatic heterocycles. The van der Waals surface area contributed by atoms with Gasteiger partial charge in [0.05, 0.1) is 23.6 Å². The number of nitrogens with zero attached hydrogens (tertiary/aromatic N) is 2. The molecular formula is C32H37N5O6. The first-order valence-corrected chi connectivity index (χ1v) is 14.3. The molecule has 0 radical (unpaired) electrons. The van der Waals surface area contributed by atoms with Crippen molar-refractivity contribution in [3.8, 4) is 6.07 Å². The maximum Gasteiger partial charge on any atom is 0.407 e. The van der Waals surface area contributed by atoms with Crippen LogP contribution in [-0.2, 0) is 16.1 Å². The number of rotatable bonds is 9. The molecule has 0 saturated heterocycles. The Balaban J connectivity index is 1.49. The predicted molar refractivity (Wildman–Crippen MR) is 160 cm³/mol. The summed E-state index contributed by atoms with van der Waals surface area (Å²) in [4.78, 5) is 49.1. The number of hydrogen-bond donors (Lipinski definition) is 4. The molecule has 1 aliphatic rings. The van der Waals surface area contributed by atoms with Crippen LogP contribution in [0.15, 0.2) is 48.5 Å². The quantitative estimate of drug-likeness (QED) is 0.290. The van der Waals surface area contributed by atoms with Crippen LogP contribution in [0.1, 0.15) is 84.8 Å². The summed E-state index contributed by atoms with van der Waals surface area (Å²) < 4.78 is 7.19. The minimum Gasteiger partial charge on any atom is -0.481 e. The van der Waals surface area contributed by atoms with E-state index in [2.05, 4.69) is 22.0 Å². The lowest BCUT2D eigenvalue weighted by atomic mass is 9.91. The third-order valence-electron chi connectivity index (χ3n) is 7.20. The van der Waals surface area contributed by atoms with Gasteiger partial charge in [0.15, 0.2) is 0 Å². The van der Waals surface area contributed by atoms with Crippen molar-refractivity contribution in [2.75, 3.05) is 6.54 Å². The average molecular weight is 588 g/mol. The Bertz CT molecular complexity index is 1560. The fraction of sp³-hybridized carbons (Fsp3) is 0.406. The molecule has 4 N–H and O–H groups in total. The van der Waals surface area contributed by atoms with Crippen LogP contribution in [0.2, 0.25) is 0 Å². The Hall–Kier alpha value is -4.85. The lowest BCUT2D eigenvalue weighted by molar-refractivity contribution is -0.136. The number of fused-ring (bicyclic) bond motifs is 1. The van der Waals surface area contributed by atoms with Crippen LogP contribution in [0.3, 0.4) is 0 Å². The lowest BCUT2D eigenvalue weighted by Gasteiger charge is -2.30. The molecule has 1 aliphatic carbocycles. The molecule has 3 amide bonds. The molecular weight excluding hydrogens is 550 g/mol. The zero-order valence-corrected chi connectivity index (χ0v) is 24.6. The number of nitrogens with one attached hydrogen (secondary N) is 3. The second kappa shape index (κ2) is 13.4. The number of aliphatic carboxylic acids is 1. The van der Waals surface area contributed by atoms with Gasteiger partial charge in [-0.3, -0.25) is 14.4 Å². The first-order valence-electron chi connectivity index (χ1n) is 14.3. The fourth-order valence-electron chi connectivity index (χ4n) is 5.18. The summed E-state index contributed by atoms with van der Waals surface area (Å²) >= 11 is 0. The molecule has 0 atom stereocenters. The minimum atomic E-state index is -0.999.